The van der Waals surface area contributed by atoms with Crippen molar-refractivity contribution >= 4 is 23.4 Å². The molecular weight excluding hydrogens is 222 g/mol. The van der Waals surface area contributed by atoms with Gasteiger partial charge in [-0.2, -0.15) is 0 Å². The maximum Gasteiger partial charge on any atom is 0.337 e. The van der Waals surface area contributed by atoms with E-state index in [-0.39, 0.29) is 5.56 Å². The summed E-state index contributed by atoms with van der Waals surface area (Å²) >= 11 is 1.62. The molecule has 1 aromatic carbocycles. The molecule has 0 amide bonds. The number of thioether (sulfide) groups is 1. The first kappa shape index (κ1) is 12.9. The fourth-order valence-electron chi connectivity index (χ4n) is 1.17. The minimum Gasteiger partial charge on any atom is -0.478 e. The van der Waals surface area contributed by atoms with Gasteiger partial charge in [-0.1, -0.05) is 26.8 Å². The zero-order valence-electron chi connectivity index (χ0n) is 9.73. The lowest BCUT2D eigenvalue weighted by molar-refractivity contribution is 0.0698. The second-order valence-corrected chi connectivity index (χ2v) is 5.51. The van der Waals surface area contributed by atoms with Crippen molar-refractivity contribution in [1.29, 1.82) is 0 Å². The summed E-state index contributed by atoms with van der Waals surface area (Å²) in [5.74, 6) is -0.449. The summed E-state index contributed by atoms with van der Waals surface area (Å²) in [5, 5.41) is 9.35. The highest BCUT2D eigenvalue weighted by molar-refractivity contribution is 8.00. The monoisotopic (exact) mass is 239 g/mol. The number of benzene rings is 1. The SMILES string of the molecule is CC(C)C(C)Sc1cccc(C(=O)O)c1N. The third-order valence-corrected chi connectivity index (χ3v) is 4.07. The Morgan fingerprint density at radius 2 is 2.00 bits per heavy atom. The molecule has 1 rings (SSSR count). The lowest BCUT2D eigenvalue weighted by atomic mass is 10.1. The van der Waals surface area contributed by atoms with Crippen LogP contribution in [0.25, 0.3) is 0 Å². The maximum absolute atomic E-state index is 10.9. The molecule has 0 bridgehead atoms. The van der Waals surface area contributed by atoms with Gasteiger partial charge >= 0.3 is 5.97 Å². The number of nitrogen functional groups attached to an aromatic ring is 1. The molecule has 1 unspecified atom stereocenters. The normalized spacial score (nSPS) is 12.8. The molecule has 1 atom stereocenters. The smallest absolute Gasteiger partial charge is 0.337 e. The molecule has 4 heteroatoms. The van der Waals surface area contributed by atoms with E-state index in [0.717, 1.165) is 4.90 Å². The molecule has 0 heterocycles. The number of para-hydroxylation sites is 1. The Morgan fingerprint density at radius 1 is 1.38 bits per heavy atom. The molecule has 0 aliphatic heterocycles. The van der Waals surface area contributed by atoms with Crippen LogP contribution in [0.3, 0.4) is 0 Å². The van der Waals surface area contributed by atoms with Gasteiger partial charge in [0.1, 0.15) is 0 Å². The van der Waals surface area contributed by atoms with E-state index >= 15 is 0 Å². The third kappa shape index (κ3) is 2.92. The summed E-state index contributed by atoms with van der Waals surface area (Å²) in [6, 6.07) is 5.13. The number of hydrogen-bond donors (Lipinski definition) is 2. The number of carboxylic acid groups (broad SMARTS) is 1. The number of nitrogens with two attached hydrogens (primary N) is 1. The number of rotatable bonds is 4. The highest BCUT2D eigenvalue weighted by Crippen LogP contribution is 2.33. The first-order chi connectivity index (χ1) is 7.43. The van der Waals surface area contributed by atoms with Crippen LogP contribution >= 0.6 is 11.8 Å². The van der Waals surface area contributed by atoms with Crippen molar-refractivity contribution in [1.82, 2.24) is 0 Å². The van der Waals surface area contributed by atoms with Crippen LogP contribution < -0.4 is 5.73 Å². The topological polar surface area (TPSA) is 63.3 Å². The van der Waals surface area contributed by atoms with E-state index in [1.165, 1.54) is 6.07 Å². The standard InChI is InChI=1S/C12H17NO2S/c1-7(2)8(3)16-10-6-4-5-9(11(10)13)12(14)15/h4-8H,13H2,1-3H3,(H,14,15). The third-order valence-electron chi connectivity index (χ3n) is 2.55. The van der Waals surface area contributed by atoms with E-state index in [1.807, 2.05) is 6.07 Å². The molecule has 0 spiro atoms. The van der Waals surface area contributed by atoms with Gasteiger partial charge in [-0.15, -0.1) is 11.8 Å². The molecule has 3 N–H and O–H groups in total. The van der Waals surface area contributed by atoms with Gasteiger partial charge in [0, 0.05) is 10.1 Å². The van der Waals surface area contributed by atoms with Crippen LogP contribution in [0, 0.1) is 5.92 Å². The summed E-state index contributed by atoms with van der Waals surface area (Å²) in [6.07, 6.45) is 0. The van der Waals surface area contributed by atoms with Crippen LogP contribution in [-0.2, 0) is 0 Å². The van der Waals surface area contributed by atoms with E-state index in [9.17, 15) is 4.79 Å². The fourth-order valence-corrected chi connectivity index (χ4v) is 2.24. The predicted octanol–water partition coefficient (Wildman–Crippen LogP) is 3.10. The van der Waals surface area contributed by atoms with Crippen molar-refractivity contribution in [2.24, 2.45) is 5.92 Å². The lowest BCUT2D eigenvalue weighted by Gasteiger charge is -2.16. The van der Waals surface area contributed by atoms with Gasteiger partial charge in [0.15, 0.2) is 0 Å². The molecule has 0 fully saturated rings. The van der Waals surface area contributed by atoms with Gasteiger partial charge in [0.05, 0.1) is 11.3 Å². The van der Waals surface area contributed by atoms with Crippen molar-refractivity contribution in [2.75, 3.05) is 5.73 Å². The second kappa shape index (κ2) is 5.25. The molecule has 0 aliphatic rings. The number of carbonyl (C=O) groups is 1. The van der Waals surface area contributed by atoms with Gasteiger partial charge in [-0.3, -0.25) is 0 Å². The van der Waals surface area contributed by atoms with Gasteiger partial charge in [-0.05, 0) is 18.1 Å². The summed E-state index contributed by atoms with van der Waals surface area (Å²) in [6.45, 7) is 6.38. The van der Waals surface area contributed by atoms with Crippen LogP contribution in [0.15, 0.2) is 23.1 Å². The van der Waals surface area contributed by atoms with Crippen molar-refractivity contribution < 1.29 is 9.90 Å². The van der Waals surface area contributed by atoms with Crippen molar-refractivity contribution in [3.05, 3.63) is 23.8 Å². The predicted molar refractivity (Wildman–Crippen MR) is 68.0 cm³/mol. The number of hydrogen-bond acceptors (Lipinski definition) is 3. The van der Waals surface area contributed by atoms with E-state index in [1.54, 1.807) is 17.8 Å². The Labute approximate surface area is 100 Å². The Balaban J connectivity index is 2.98. The lowest BCUT2D eigenvalue weighted by Crippen LogP contribution is -2.08. The molecule has 0 radical (unpaired) electrons. The van der Waals surface area contributed by atoms with Crippen LogP contribution in [0.4, 0.5) is 5.69 Å². The van der Waals surface area contributed by atoms with Gasteiger partial charge in [0.2, 0.25) is 0 Å². The minimum absolute atomic E-state index is 0.181. The Kier molecular flexibility index (Phi) is 4.24. The van der Waals surface area contributed by atoms with Crippen LogP contribution in [0.2, 0.25) is 0 Å². The average Bonchev–Trinajstić information content (AvgIpc) is 2.20. The zero-order chi connectivity index (χ0) is 12.3. The van der Waals surface area contributed by atoms with Crippen LogP contribution in [-0.4, -0.2) is 16.3 Å². The molecular formula is C12H17NO2S. The van der Waals surface area contributed by atoms with E-state index < -0.39 is 5.97 Å². The average molecular weight is 239 g/mol. The zero-order valence-corrected chi connectivity index (χ0v) is 10.5. The van der Waals surface area contributed by atoms with Crippen molar-refractivity contribution in [3.8, 4) is 0 Å². The van der Waals surface area contributed by atoms with Gasteiger partial charge in [0.25, 0.3) is 0 Å². The molecule has 0 saturated carbocycles. The van der Waals surface area contributed by atoms with E-state index in [4.69, 9.17) is 10.8 Å². The summed E-state index contributed by atoms with van der Waals surface area (Å²) < 4.78 is 0. The largest absolute Gasteiger partial charge is 0.478 e. The van der Waals surface area contributed by atoms with Crippen molar-refractivity contribution in [2.45, 2.75) is 30.9 Å². The molecule has 1 aromatic rings. The van der Waals surface area contributed by atoms with Gasteiger partial charge in [-0.25, -0.2) is 4.79 Å². The number of carboxylic acids is 1. The Morgan fingerprint density at radius 3 is 2.50 bits per heavy atom. The number of anilines is 1. The van der Waals surface area contributed by atoms with Gasteiger partial charge < -0.3 is 10.8 Å². The quantitative estimate of drug-likeness (QED) is 0.626. The number of aromatic carboxylic acids is 1. The van der Waals surface area contributed by atoms with Crippen LogP contribution in [0.5, 0.6) is 0 Å². The minimum atomic E-state index is -0.975. The molecule has 0 saturated heterocycles. The molecule has 0 aliphatic carbocycles. The van der Waals surface area contributed by atoms with E-state index in [2.05, 4.69) is 20.8 Å². The Bertz CT molecular complexity index is 391. The molecule has 16 heavy (non-hydrogen) atoms. The summed E-state index contributed by atoms with van der Waals surface area (Å²) in [4.78, 5) is 11.8. The highest BCUT2D eigenvalue weighted by atomic mass is 32.2. The first-order valence-corrected chi connectivity index (χ1v) is 6.10. The van der Waals surface area contributed by atoms with Crippen LogP contribution in [0.1, 0.15) is 31.1 Å². The molecule has 88 valence electrons. The second-order valence-electron chi connectivity index (χ2n) is 4.09. The molecule has 3 nitrogen and oxygen atoms in total. The first-order valence-electron chi connectivity index (χ1n) is 5.22. The Hall–Kier alpha value is -1.16. The van der Waals surface area contributed by atoms with E-state index in [0.29, 0.717) is 16.9 Å². The molecule has 0 aromatic heterocycles. The summed E-state index contributed by atoms with van der Waals surface area (Å²) in [5.41, 5.74) is 6.38. The fraction of sp³-hybridized carbons (Fsp3) is 0.417. The highest BCUT2D eigenvalue weighted by Gasteiger charge is 2.15. The maximum atomic E-state index is 10.9. The summed E-state index contributed by atoms with van der Waals surface area (Å²) in [7, 11) is 0. The van der Waals surface area contributed by atoms with Crippen molar-refractivity contribution in [3.63, 3.8) is 0 Å².